The summed E-state index contributed by atoms with van der Waals surface area (Å²) in [5, 5.41) is 14.6. The zero-order chi connectivity index (χ0) is 13.5. The van der Waals surface area contributed by atoms with Crippen molar-refractivity contribution in [2.75, 3.05) is 6.61 Å². The van der Waals surface area contributed by atoms with Gasteiger partial charge in [-0.05, 0) is 20.8 Å². The van der Waals surface area contributed by atoms with Crippen molar-refractivity contribution in [1.29, 1.82) is 0 Å². The molecule has 0 aliphatic rings. The fraction of sp³-hybridized carbons (Fsp3) is 0.417. The summed E-state index contributed by atoms with van der Waals surface area (Å²) in [4.78, 5) is 15.8. The number of aliphatic hydroxyl groups excluding tert-OH is 1. The Balaban J connectivity index is 2.72. The van der Waals surface area contributed by atoms with Crippen LogP contribution in [0.1, 0.15) is 19.5 Å². The molecule has 0 saturated heterocycles. The number of ketones is 1. The van der Waals surface area contributed by atoms with Crippen LogP contribution >= 0.6 is 11.6 Å². The highest BCUT2D eigenvalue weighted by molar-refractivity contribution is 6.30. The molecule has 0 saturated carbocycles. The highest BCUT2D eigenvalue weighted by Crippen LogP contribution is 2.26. The first-order chi connectivity index (χ1) is 8.37. The van der Waals surface area contributed by atoms with E-state index < -0.39 is 12.1 Å². The molecule has 5 nitrogen and oxygen atoms in total. The van der Waals surface area contributed by atoms with Crippen LogP contribution in [0.3, 0.4) is 0 Å². The standard InChI is InChI=1S/C12H14ClN3O2/c1-7-8-5-14-11(13)4-9(8)16(15-7)12(2,3)10(18)6-17/h4-5,17H,6H2,1-3H3. The number of nitrogens with zero attached hydrogens (tertiary/aromatic N) is 3. The second-order valence-corrected chi connectivity index (χ2v) is 5.05. The monoisotopic (exact) mass is 267 g/mol. The molecule has 96 valence electrons. The summed E-state index contributed by atoms with van der Waals surface area (Å²) < 4.78 is 1.59. The van der Waals surface area contributed by atoms with E-state index in [-0.39, 0.29) is 5.78 Å². The van der Waals surface area contributed by atoms with Crippen molar-refractivity contribution in [3.05, 3.63) is 23.1 Å². The van der Waals surface area contributed by atoms with Crippen LogP contribution < -0.4 is 0 Å². The summed E-state index contributed by atoms with van der Waals surface area (Å²) in [6, 6.07) is 1.67. The first kappa shape index (κ1) is 13.0. The molecular weight excluding hydrogens is 254 g/mol. The molecule has 0 bridgehead atoms. The maximum absolute atomic E-state index is 11.8. The minimum Gasteiger partial charge on any atom is -0.388 e. The number of aliphatic hydroxyl groups is 1. The molecule has 0 aromatic carbocycles. The highest BCUT2D eigenvalue weighted by atomic mass is 35.5. The van der Waals surface area contributed by atoms with E-state index in [0.29, 0.717) is 5.15 Å². The van der Waals surface area contributed by atoms with Crippen LogP contribution in [0.2, 0.25) is 5.15 Å². The molecule has 0 radical (unpaired) electrons. The van der Waals surface area contributed by atoms with Crippen LogP contribution in [0, 0.1) is 6.92 Å². The quantitative estimate of drug-likeness (QED) is 0.860. The number of aromatic nitrogens is 3. The summed E-state index contributed by atoms with van der Waals surface area (Å²) in [5.74, 6) is -0.306. The molecule has 2 aromatic heterocycles. The lowest BCUT2D eigenvalue weighted by atomic mass is 10.00. The number of Topliss-reactive ketones (excluding diaryl/α,β-unsaturated/α-hetero) is 1. The van der Waals surface area contributed by atoms with Crippen LogP contribution in [0.15, 0.2) is 12.3 Å². The number of hydrogen-bond acceptors (Lipinski definition) is 4. The molecule has 0 spiro atoms. The summed E-state index contributed by atoms with van der Waals surface area (Å²) >= 11 is 5.88. The van der Waals surface area contributed by atoms with E-state index in [1.54, 1.807) is 30.8 Å². The maximum Gasteiger partial charge on any atom is 0.185 e. The zero-order valence-corrected chi connectivity index (χ0v) is 11.2. The van der Waals surface area contributed by atoms with Crippen molar-refractivity contribution < 1.29 is 9.90 Å². The third kappa shape index (κ3) is 1.89. The molecule has 1 N–H and O–H groups in total. The average Bonchev–Trinajstić information content (AvgIpc) is 2.65. The van der Waals surface area contributed by atoms with Gasteiger partial charge in [0, 0.05) is 17.6 Å². The Morgan fingerprint density at radius 1 is 1.56 bits per heavy atom. The number of rotatable bonds is 3. The second-order valence-electron chi connectivity index (χ2n) is 4.66. The smallest absolute Gasteiger partial charge is 0.185 e. The van der Waals surface area contributed by atoms with Crippen LogP contribution in [-0.2, 0) is 10.3 Å². The van der Waals surface area contributed by atoms with Gasteiger partial charge < -0.3 is 5.11 Å². The largest absolute Gasteiger partial charge is 0.388 e. The molecule has 0 amide bonds. The third-order valence-corrected chi connectivity index (χ3v) is 3.28. The second kappa shape index (κ2) is 4.33. The first-order valence-corrected chi connectivity index (χ1v) is 5.91. The van der Waals surface area contributed by atoms with Gasteiger partial charge in [-0.25, -0.2) is 4.98 Å². The SMILES string of the molecule is Cc1nn(C(C)(C)C(=O)CO)c2cc(Cl)ncc12. The van der Waals surface area contributed by atoms with Crippen LogP contribution in [0.4, 0.5) is 0 Å². The van der Waals surface area contributed by atoms with E-state index in [0.717, 1.165) is 16.6 Å². The van der Waals surface area contributed by atoms with Gasteiger partial charge in [-0.2, -0.15) is 5.10 Å². The van der Waals surface area contributed by atoms with Gasteiger partial charge in [0.2, 0.25) is 0 Å². The van der Waals surface area contributed by atoms with E-state index >= 15 is 0 Å². The van der Waals surface area contributed by atoms with E-state index in [4.69, 9.17) is 16.7 Å². The summed E-state index contributed by atoms with van der Waals surface area (Å²) in [6.45, 7) is 4.75. The molecule has 0 aliphatic heterocycles. The Labute approximate surface area is 109 Å². The van der Waals surface area contributed by atoms with Crippen LogP contribution in [0.5, 0.6) is 0 Å². The number of fused-ring (bicyclic) bond motifs is 1. The van der Waals surface area contributed by atoms with Gasteiger partial charge in [-0.1, -0.05) is 11.6 Å². The number of halogens is 1. The van der Waals surface area contributed by atoms with Gasteiger partial charge in [0.1, 0.15) is 17.3 Å². The molecule has 0 atom stereocenters. The fourth-order valence-electron chi connectivity index (χ4n) is 1.87. The normalized spacial score (nSPS) is 12.1. The summed E-state index contributed by atoms with van der Waals surface area (Å²) in [5.41, 5.74) is 0.582. The molecular formula is C12H14ClN3O2. The minimum atomic E-state index is -0.925. The molecule has 2 aromatic rings. The number of hydrogen-bond donors (Lipinski definition) is 1. The minimum absolute atomic E-state index is 0.306. The predicted molar refractivity (Wildman–Crippen MR) is 68.7 cm³/mol. The van der Waals surface area contributed by atoms with Gasteiger partial charge in [-0.15, -0.1) is 0 Å². The molecule has 18 heavy (non-hydrogen) atoms. The number of carbonyl (C=O) groups excluding carboxylic acids is 1. The predicted octanol–water partition coefficient (Wildman–Crippen LogP) is 1.69. The topological polar surface area (TPSA) is 68.0 Å². The van der Waals surface area contributed by atoms with Gasteiger partial charge >= 0.3 is 0 Å². The highest BCUT2D eigenvalue weighted by Gasteiger charge is 2.31. The average molecular weight is 268 g/mol. The Morgan fingerprint density at radius 3 is 2.83 bits per heavy atom. The number of aryl methyl sites for hydroxylation is 1. The Kier molecular flexibility index (Phi) is 3.12. The summed E-state index contributed by atoms with van der Waals surface area (Å²) in [7, 11) is 0. The molecule has 2 heterocycles. The van der Waals surface area contributed by atoms with Crippen LogP contribution in [0.25, 0.3) is 10.9 Å². The van der Waals surface area contributed by atoms with E-state index in [1.807, 2.05) is 6.92 Å². The van der Waals surface area contributed by atoms with Gasteiger partial charge in [-0.3, -0.25) is 9.48 Å². The van der Waals surface area contributed by atoms with Gasteiger partial charge in [0.15, 0.2) is 5.78 Å². The molecule has 0 unspecified atom stereocenters. The van der Waals surface area contributed by atoms with Crippen molar-refractivity contribution >= 4 is 28.3 Å². The van der Waals surface area contributed by atoms with Gasteiger partial charge in [0.05, 0.1) is 11.2 Å². The summed E-state index contributed by atoms with van der Waals surface area (Å²) in [6.07, 6.45) is 1.63. The van der Waals surface area contributed by atoms with Crippen molar-refractivity contribution in [1.82, 2.24) is 14.8 Å². The van der Waals surface area contributed by atoms with Gasteiger partial charge in [0.25, 0.3) is 0 Å². The van der Waals surface area contributed by atoms with Crippen LogP contribution in [-0.4, -0.2) is 32.3 Å². The third-order valence-electron chi connectivity index (χ3n) is 3.07. The lowest BCUT2D eigenvalue weighted by molar-refractivity contribution is -0.129. The van der Waals surface area contributed by atoms with Crippen molar-refractivity contribution in [2.24, 2.45) is 0 Å². The molecule has 0 aliphatic carbocycles. The first-order valence-electron chi connectivity index (χ1n) is 5.53. The maximum atomic E-state index is 11.8. The Hall–Kier alpha value is -1.46. The Morgan fingerprint density at radius 2 is 2.22 bits per heavy atom. The Bertz CT molecular complexity index is 619. The molecule has 6 heteroatoms. The lowest BCUT2D eigenvalue weighted by Gasteiger charge is -2.23. The van der Waals surface area contributed by atoms with Crippen molar-refractivity contribution in [2.45, 2.75) is 26.3 Å². The molecule has 2 rings (SSSR count). The molecule has 0 fully saturated rings. The van der Waals surface area contributed by atoms with Crippen molar-refractivity contribution in [3.63, 3.8) is 0 Å². The van der Waals surface area contributed by atoms with Crippen molar-refractivity contribution in [3.8, 4) is 0 Å². The lowest BCUT2D eigenvalue weighted by Crippen LogP contribution is -2.38. The van der Waals surface area contributed by atoms with E-state index in [1.165, 1.54) is 0 Å². The number of carbonyl (C=O) groups is 1. The number of pyridine rings is 1. The van der Waals surface area contributed by atoms with E-state index in [2.05, 4.69) is 10.1 Å². The fourth-order valence-corrected chi connectivity index (χ4v) is 2.02. The van der Waals surface area contributed by atoms with E-state index in [9.17, 15) is 4.79 Å². The zero-order valence-electron chi connectivity index (χ0n) is 10.4.